The maximum absolute atomic E-state index is 12.6. The highest BCUT2D eigenvalue weighted by molar-refractivity contribution is 7.80. The molecule has 2 heterocycles. The van der Waals surface area contributed by atoms with Gasteiger partial charge < -0.3 is 26.0 Å². The number of carbonyl (C=O) groups excluding carboxylic acids is 3. The summed E-state index contributed by atoms with van der Waals surface area (Å²) in [5.41, 5.74) is 5.36. The van der Waals surface area contributed by atoms with Gasteiger partial charge in [-0.3, -0.25) is 14.4 Å². The average molecular weight is 372 g/mol. The summed E-state index contributed by atoms with van der Waals surface area (Å²) in [4.78, 5) is 50.9. The molecule has 2 rings (SSSR count). The SMILES string of the molecule is NCC(=O)N1CCCC1C(=O)NC(CS)C(=O)N1CCCC1C(=O)O. The van der Waals surface area contributed by atoms with E-state index in [9.17, 15) is 24.3 Å². The molecule has 2 fully saturated rings. The van der Waals surface area contributed by atoms with Crippen LogP contribution in [0.15, 0.2) is 0 Å². The molecule has 3 atom stereocenters. The van der Waals surface area contributed by atoms with Crippen LogP contribution >= 0.6 is 12.6 Å². The van der Waals surface area contributed by atoms with Gasteiger partial charge in [-0.25, -0.2) is 4.79 Å². The number of carboxylic acid groups (broad SMARTS) is 1. The third-order valence-electron chi connectivity index (χ3n) is 4.67. The molecule has 0 radical (unpaired) electrons. The van der Waals surface area contributed by atoms with Crippen LogP contribution in [0.3, 0.4) is 0 Å². The normalized spacial score (nSPS) is 24.2. The molecule has 9 nitrogen and oxygen atoms in total. The zero-order chi connectivity index (χ0) is 18.6. The second kappa shape index (κ2) is 8.52. The minimum absolute atomic E-state index is 0.0466. The van der Waals surface area contributed by atoms with E-state index in [0.717, 1.165) is 0 Å². The van der Waals surface area contributed by atoms with Gasteiger partial charge in [0.15, 0.2) is 0 Å². The number of carbonyl (C=O) groups is 4. The van der Waals surface area contributed by atoms with Crippen molar-refractivity contribution in [3.05, 3.63) is 0 Å². The molecule has 0 bridgehead atoms. The van der Waals surface area contributed by atoms with Crippen LogP contribution in [0.5, 0.6) is 0 Å². The molecule has 25 heavy (non-hydrogen) atoms. The van der Waals surface area contributed by atoms with Gasteiger partial charge in [-0.1, -0.05) is 0 Å². The third-order valence-corrected chi connectivity index (χ3v) is 5.03. The zero-order valence-corrected chi connectivity index (χ0v) is 14.8. The summed E-state index contributed by atoms with van der Waals surface area (Å²) in [6, 6.07) is -2.44. The summed E-state index contributed by atoms with van der Waals surface area (Å²) in [5.74, 6) is -2.20. The number of hydrogen-bond donors (Lipinski definition) is 4. The predicted molar refractivity (Wildman–Crippen MR) is 91.9 cm³/mol. The number of rotatable bonds is 6. The second-order valence-corrected chi connectivity index (χ2v) is 6.59. The van der Waals surface area contributed by atoms with E-state index in [4.69, 9.17) is 5.73 Å². The van der Waals surface area contributed by atoms with E-state index in [1.54, 1.807) is 0 Å². The van der Waals surface area contributed by atoms with Crippen LogP contribution in [0.25, 0.3) is 0 Å². The van der Waals surface area contributed by atoms with Crippen LogP contribution < -0.4 is 11.1 Å². The molecule has 0 aromatic heterocycles. The molecule has 3 unspecified atom stereocenters. The quantitative estimate of drug-likeness (QED) is 0.416. The molecule has 3 amide bonds. The van der Waals surface area contributed by atoms with E-state index >= 15 is 0 Å². The van der Waals surface area contributed by atoms with Gasteiger partial charge in [-0.15, -0.1) is 0 Å². The van der Waals surface area contributed by atoms with E-state index in [2.05, 4.69) is 17.9 Å². The van der Waals surface area contributed by atoms with E-state index in [1.807, 2.05) is 0 Å². The maximum atomic E-state index is 12.6. The third kappa shape index (κ3) is 4.24. The standard InChI is InChI=1S/C15H24N4O5S/c16-7-12(20)18-5-1-3-10(18)13(21)17-9(8-25)14(22)19-6-2-4-11(19)15(23)24/h9-11,25H,1-8,16H2,(H,17,21)(H,23,24). The van der Waals surface area contributed by atoms with Crippen molar-refractivity contribution in [3.63, 3.8) is 0 Å². The van der Waals surface area contributed by atoms with Crippen molar-refractivity contribution < 1.29 is 24.3 Å². The minimum Gasteiger partial charge on any atom is -0.480 e. The molecule has 10 heteroatoms. The smallest absolute Gasteiger partial charge is 0.326 e. The number of likely N-dealkylation sites (tertiary alicyclic amines) is 2. The van der Waals surface area contributed by atoms with Crippen LogP contribution in [0.2, 0.25) is 0 Å². The fourth-order valence-corrected chi connectivity index (χ4v) is 3.64. The highest BCUT2D eigenvalue weighted by atomic mass is 32.1. The highest BCUT2D eigenvalue weighted by Gasteiger charge is 2.39. The van der Waals surface area contributed by atoms with Crippen molar-refractivity contribution in [1.29, 1.82) is 0 Å². The first-order valence-corrected chi connectivity index (χ1v) is 8.98. The predicted octanol–water partition coefficient (Wildman–Crippen LogP) is -1.57. The van der Waals surface area contributed by atoms with Gasteiger partial charge in [0.25, 0.3) is 0 Å². The number of nitrogens with one attached hydrogen (secondary N) is 1. The minimum atomic E-state index is -1.05. The first-order valence-electron chi connectivity index (χ1n) is 8.34. The Kier molecular flexibility index (Phi) is 6.65. The van der Waals surface area contributed by atoms with Gasteiger partial charge >= 0.3 is 5.97 Å². The summed E-state index contributed by atoms with van der Waals surface area (Å²) in [7, 11) is 0. The molecule has 140 valence electrons. The first kappa shape index (κ1) is 19.5. The number of amides is 3. The molecule has 2 aliphatic heterocycles. The van der Waals surface area contributed by atoms with E-state index < -0.39 is 35.9 Å². The van der Waals surface area contributed by atoms with Gasteiger partial charge in [0.2, 0.25) is 17.7 Å². The van der Waals surface area contributed by atoms with Crippen LogP contribution in [0, 0.1) is 0 Å². The van der Waals surface area contributed by atoms with Crippen LogP contribution in [0.1, 0.15) is 25.7 Å². The summed E-state index contributed by atoms with van der Waals surface area (Å²) in [5, 5.41) is 11.8. The van der Waals surface area contributed by atoms with Crippen molar-refractivity contribution in [2.75, 3.05) is 25.4 Å². The molecule has 4 N–H and O–H groups in total. The average Bonchev–Trinajstić information content (AvgIpc) is 3.26. The van der Waals surface area contributed by atoms with E-state index in [1.165, 1.54) is 9.80 Å². The number of thiol groups is 1. The van der Waals surface area contributed by atoms with E-state index in [0.29, 0.717) is 38.8 Å². The Morgan fingerprint density at radius 3 is 2.28 bits per heavy atom. The zero-order valence-electron chi connectivity index (χ0n) is 13.9. The summed E-state index contributed by atoms with van der Waals surface area (Å²) in [6.45, 7) is 0.630. The highest BCUT2D eigenvalue weighted by Crippen LogP contribution is 2.20. The fourth-order valence-electron chi connectivity index (χ4n) is 3.40. The molecule has 0 aromatic rings. The van der Waals surface area contributed by atoms with Crippen LogP contribution in [-0.2, 0) is 19.2 Å². The molecular weight excluding hydrogens is 348 g/mol. The van der Waals surface area contributed by atoms with Crippen LogP contribution in [-0.4, -0.2) is 82.1 Å². The number of hydrogen-bond acceptors (Lipinski definition) is 6. The van der Waals surface area contributed by atoms with Gasteiger partial charge in [-0.2, -0.15) is 12.6 Å². The number of nitrogens with two attached hydrogens (primary N) is 1. The molecular formula is C15H24N4O5S. The van der Waals surface area contributed by atoms with Crippen molar-refractivity contribution in [2.24, 2.45) is 5.73 Å². The summed E-state index contributed by atoms with van der Waals surface area (Å²) in [6.07, 6.45) is 2.20. The molecule has 0 aromatic carbocycles. The lowest BCUT2D eigenvalue weighted by Gasteiger charge is -2.29. The lowest BCUT2D eigenvalue weighted by atomic mass is 10.1. The Morgan fingerprint density at radius 2 is 1.72 bits per heavy atom. The van der Waals surface area contributed by atoms with Gasteiger partial charge in [0.1, 0.15) is 18.1 Å². The maximum Gasteiger partial charge on any atom is 0.326 e. The van der Waals surface area contributed by atoms with Crippen molar-refractivity contribution in [3.8, 4) is 0 Å². The fraction of sp³-hybridized carbons (Fsp3) is 0.733. The van der Waals surface area contributed by atoms with Gasteiger partial charge in [0, 0.05) is 18.8 Å². The lowest BCUT2D eigenvalue weighted by Crippen LogP contribution is -2.56. The topological polar surface area (TPSA) is 133 Å². The second-order valence-electron chi connectivity index (χ2n) is 6.22. The Balaban J connectivity index is 2.03. The van der Waals surface area contributed by atoms with E-state index in [-0.39, 0.29) is 18.2 Å². The molecule has 0 aliphatic carbocycles. The van der Waals surface area contributed by atoms with Gasteiger partial charge in [-0.05, 0) is 25.7 Å². The Morgan fingerprint density at radius 1 is 1.12 bits per heavy atom. The van der Waals surface area contributed by atoms with Crippen molar-refractivity contribution in [1.82, 2.24) is 15.1 Å². The first-order chi connectivity index (χ1) is 11.9. The molecule has 2 saturated heterocycles. The van der Waals surface area contributed by atoms with Crippen molar-refractivity contribution >= 4 is 36.3 Å². The molecule has 0 saturated carbocycles. The lowest BCUT2D eigenvalue weighted by molar-refractivity contribution is -0.149. The monoisotopic (exact) mass is 372 g/mol. The summed E-state index contributed by atoms with van der Waals surface area (Å²) < 4.78 is 0. The molecule has 2 aliphatic rings. The number of carboxylic acids is 1. The Bertz CT molecular complexity index is 558. The van der Waals surface area contributed by atoms with Gasteiger partial charge in [0.05, 0.1) is 6.54 Å². The largest absolute Gasteiger partial charge is 0.480 e. The Hall–Kier alpha value is -1.81. The summed E-state index contributed by atoms with van der Waals surface area (Å²) >= 11 is 4.12. The molecule has 0 spiro atoms. The van der Waals surface area contributed by atoms with Crippen molar-refractivity contribution in [2.45, 2.75) is 43.8 Å². The Labute approximate surface area is 151 Å². The van der Waals surface area contributed by atoms with Crippen LogP contribution in [0.4, 0.5) is 0 Å². The number of aliphatic carboxylic acids is 1. The number of nitrogens with zero attached hydrogens (tertiary/aromatic N) is 2.